The van der Waals surface area contributed by atoms with Crippen molar-refractivity contribution in [2.75, 3.05) is 19.0 Å². The molecule has 0 radical (unpaired) electrons. The number of amides is 3. The number of aromatic hydroxyl groups is 1. The number of benzene rings is 2. The number of ether oxygens (including phenoxy) is 2. The molecular formula is C33H49N3O6. The van der Waals surface area contributed by atoms with Gasteiger partial charge in [0.15, 0.2) is 0 Å². The third kappa shape index (κ3) is 11.6. The molecular weight excluding hydrogens is 534 g/mol. The van der Waals surface area contributed by atoms with Crippen LogP contribution in [-0.4, -0.2) is 53.2 Å². The monoisotopic (exact) mass is 583 g/mol. The molecule has 0 heterocycles. The lowest BCUT2D eigenvalue weighted by atomic mass is 9.98. The maximum Gasteiger partial charge on any atom is 0.408 e. The largest absolute Gasteiger partial charge is 0.508 e. The molecule has 3 amide bonds. The summed E-state index contributed by atoms with van der Waals surface area (Å²) in [6, 6.07) is 11.3. The number of unbranched alkanes of at least 4 members (excludes halogenated alkanes) is 4. The fraction of sp³-hybridized carbons (Fsp3) is 0.545. The third-order valence-corrected chi connectivity index (χ3v) is 6.61. The van der Waals surface area contributed by atoms with E-state index in [1.165, 1.54) is 12.1 Å². The van der Waals surface area contributed by atoms with Crippen LogP contribution in [0.1, 0.15) is 91.7 Å². The van der Waals surface area contributed by atoms with E-state index in [-0.39, 0.29) is 17.6 Å². The quantitative estimate of drug-likeness (QED) is 0.198. The molecule has 9 nitrogen and oxygen atoms in total. The van der Waals surface area contributed by atoms with Gasteiger partial charge >= 0.3 is 6.09 Å². The van der Waals surface area contributed by atoms with Crippen LogP contribution in [0.2, 0.25) is 0 Å². The minimum atomic E-state index is -1.01. The second-order valence-electron chi connectivity index (χ2n) is 12.0. The average Bonchev–Trinajstić information content (AvgIpc) is 2.91. The normalized spacial score (nSPS) is 12.8. The Hall–Kier alpha value is -3.75. The van der Waals surface area contributed by atoms with E-state index in [4.69, 9.17) is 9.47 Å². The van der Waals surface area contributed by atoms with Gasteiger partial charge in [0.1, 0.15) is 29.2 Å². The van der Waals surface area contributed by atoms with Gasteiger partial charge < -0.3 is 30.1 Å². The zero-order valence-corrected chi connectivity index (χ0v) is 26.2. The number of anilines is 1. The summed E-state index contributed by atoms with van der Waals surface area (Å²) >= 11 is 0. The number of hydrogen-bond donors (Lipinski definition) is 3. The van der Waals surface area contributed by atoms with E-state index >= 15 is 0 Å². The minimum absolute atomic E-state index is 0.0507. The fourth-order valence-electron chi connectivity index (χ4n) is 4.61. The molecule has 0 aromatic heterocycles. The van der Waals surface area contributed by atoms with E-state index in [0.29, 0.717) is 36.4 Å². The van der Waals surface area contributed by atoms with Crippen molar-refractivity contribution in [3.8, 4) is 11.5 Å². The van der Waals surface area contributed by atoms with E-state index in [2.05, 4.69) is 17.6 Å². The summed E-state index contributed by atoms with van der Waals surface area (Å²) in [7, 11) is 1.57. The van der Waals surface area contributed by atoms with Crippen molar-refractivity contribution < 1.29 is 29.0 Å². The van der Waals surface area contributed by atoms with Gasteiger partial charge in [0.2, 0.25) is 5.91 Å². The first kappa shape index (κ1) is 34.5. The standard InChI is InChI=1S/C33H49N3O6/c1-8-9-10-11-12-21-36(31(39)28(22-23(2)3)35-32(40)42-33(4,5)6)29(24-13-17-26(37)18-14-24)30(38)34-25-15-19-27(41-7)20-16-25/h13-20,23,28-29,37H,8-12,21-22H2,1-7H3,(H,34,38)(H,35,40). The first-order valence-corrected chi connectivity index (χ1v) is 14.9. The molecule has 2 aromatic carbocycles. The molecule has 0 aliphatic carbocycles. The highest BCUT2D eigenvalue weighted by atomic mass is 16.6. The van der Waals surface area contributed by atoms with Gasteiger partial charge in [-0.1, -0.05) is 58.6 Å². The lowest BCUT2D eigenvalue weighted by Crippen LogP contribution is -2.53. The Balaban J connectivity index is 2.51. The summed E-state index contributed by atoms with van der Waals surface area (Å²) in [4.78, 5) is 42.7. The summed E-state index contributed by atoms with van der Waals surface area (Å²) in [6.45, 7) is 11.7. The molecule has 3 N–H and O–H groups in total. The summed E-state index contributed by atoms with van der Waals surface area (Å²) in [5.41, 5.74) is 0.355. The lowest BCUT2D eigenvalue weighted by Gasteiger charge is -2.35. The molecule has 0 saturated carbocycles. The molecule has 0 bridgehead atoms. The van der Waals surface area contributed by atoms with E-state index in [9.17, 15) is 19.5 Å². The molecule has 0 fully saturated rings. The Labute approximate surface area is 251 Å². The molecule has 0 saturated heterocycles. The summed E-state index contributed by atoms with van der Waals surface area (Å²) < 4.78 is 10.7. The third-order valence-electron chi connectivity index (χ3n) is 6.61. The number of methoxy groups -OCH3 is 1. The molecule has 0 aliphatic rings. The number of rotatable bonds is 15. The van der Waals surface area contributed by atoms with Crippen molar-refractivity contribution in [3.05, 3.63) is 54.1 Å². The van der Waals surface area contributed by atoms with Gasteiger partial charge in [-0.05, 0) is 81.5 Å². The van der Waals surface area contributed by atoms with Crippen LogP contribution in [0.3, 0.4) is 0 Å². The van der Waals surface area contributed by atoms with Crippen LogP contribution in [0.5, 0.6) is 11.5 Å². The number of nitrogens with one attached hydrogen (secondary N) is 2. The van der Waals surface area contributed by atoms with Crippen molar-refractivity contribution in [2.45, 2.75) is 97.8 Å². The lowest BCUT2D eigenvalue weighted by molar-refractivity contribution is -0.141. The van der Waals surface area contributed by atoms with Gasteiger partial charge in [0.25, 0.3) is 5.91 Å². The van der Waals surface area contributed by atoms with Crippen molar-refractivity contribution in [3.63, 3.8) is 0 Å². The predicted molar refractivity (Wildman–Crippen MR) is 166 cm³/mol. The number of carbonyl (C=O) groups is 3. The number of nitrogens with zero attached hydrogens (tertiary/aromatic N) is 1. The molecule has 0 spiro atoms. The highest BCUT2D eigenvalue weighted by molar-refractivity contribution is 5.99. The van der Waals surface area contributed by atoms with Crippen LogP contribution in [0.15, 0.2) is 48.5 Å². The number of hydrogen-bond acceptors (Lipinski definition) is 6. The highest BCUT2D eigenvalue weighted by Gasteiger charge is 2.36. The molecule has 0 aliphatic heterocycles. The Morgan fingerprint density at radius 1 is 0.929 bits per heavy atom. The predicted octanol–water partition coefficient (Wildman–Crippen LogP) is 6.82. The van der Waals surface area contributed by atoms with Crippen molar-refractivity contribution in [1.82, 2.24) is 10.2 Å². The van der Waals surface area contributed by atoms with E-state index in [1.807, 2.05) is 13.8 Å². The van der Waals surface area contributed by atoms with Gasteiger partial charge in [-0.25, -0.2) is 4.79 Å². The van der Waals surface area contributed by atoms with Gasteiger partial charge in [0, 0.05) is 12.2 Å². The number of alkyl carbamates (subject to hydrolysis) is 1. The molecule has 9 heteroatoms. The zero-order valence-electron chi connectivity index (χ0n) is 26.2. The van der Waals surface area contributed by atoms with Gasteiger partial charge in [-0.3, -0.25) is 9.59 Å². The maximum absolute atomic E-state index is 14.3. The smallest absolute Gasteiger partial charge is 0.408 e. The van der Waals surface area contributed by atoms with Crippen LogP contribution in [0.25, 0.3) is 0 Å². The number of carbonyl (C=O) groups excluding carboxylic acids is 3. The van der Waals surface area contributed by atoms with Crippen LogP contribution < -0.4 is 15.4 Å². The van der Waals surface area contributed by atoms with Gasteiger partial charge in [0.05, 0.1) is 7.11 Å². The Kier molecular flexibility index (Phi) is 13.6. The molecule has 232 valence electrons. The second kappa shape index (κ2) is 16.6. The SMILES string of the molecule is CCCCCCCN(C(=O)C(CC(C)C)NC(=O)OC(C)(C)C)C(C(=O)Nc1ccc(OC)cc1)c1ccc(O)cc1. The van der Waals surface area contributed by atoms with Crippen LogP contribution in [0, 0.1) is 5.92 Å². The molecule has 2 rings (SSSR count). The van der Waals surface area contributed by atoms with E-state index in [1.54, 1.807) is 69.2 Å². The zero-order chi connectivity index (χ0) is 31.3. The van der Waals surface area contributed by atoms with E-state index < -0.39 is 29.7 Å². The van der Waals surface area contributed by atoms with Crippen molar-refractivity contribution in [1.29, 1.82) is 0 Å². The molecule has 2 atom stereocenters. The number of phenols is 1. The topological polar surface area (TPSA) is 117 Å². The molecule has 2 unspecified atom stereocenters. The summed E-state index contributed by atoms with van der Waals surface area (Å²) in [6.07, 6.45) is 4.46. The van der Waals surface area contributed by atoms with Crippen molar-refractivity contribution >= 4 is 23.6 Å². The Morgan fingerprint density at radius 3 is 2.10 bits per heavy atom. The first-order valence-electron chi connectivity index (χ1n) is 14.9. The second-order valence-corrected chi connectivity index (χ2v) is 12.0. The first-order chi connectivity index (χ1) is 19.8. The van der Waals surface area contributed by atoms with Crippen LogP contribution in [-0.2, 0) is 14.3 Å². The Bertz CT molecular complexity index is 1130. The summed E-state index contributed by atoms with van der Waals surface area (Å²) in [5.74, 6) is 0.00775. The number of phenolic OH excluding ortho intramolecular Hbond substituents is 1. The minimum Gasteiger partial charge on any atom is -0.508 e. The van der Waals surface area contributed by atoms with Gasteiger partial charge in [-0.2, -0.15) is 0 Å². The maximum atomic E-state index is 14.3. The summed E-state index contributed by atoms with van der Waals surface area (Å²) in [5, 5.41) is 15.7. The van der Waals surface area contributed by atoms with Crippen molar-refractivity contribution in [2.24, 2.45) is 5.92 Å². The van der Waals surface area contributed by atoms with Crippen LogP contribution >= 0.6 is 0 Å². The highest BCUT2D eigenvalue weighted by Crippen LogP contribution is 2.28. The van der Waals surface area contributed by atoms with Crippen LogP contribution in [0.4, 0.5) is 10.5 Å². The van der Waals surface area contributed by atoms with E-state index in [0.717, 1.165) is 25.7 Å². The molecule has 42 heavy (non-hydrogen) atoms. The average molecular weight is 584 g/mol. The Morgan fingerprint density at radius 2 is 1.55 bits per heavy atom. The molecule has 2 aromatic rings. The van der Waals surface area contributed by atoms with Gasteiger partial charge in [-0.15, -0.1) is 0 Å². The fourth-order valence-corrected chi connectivity index (χ4v) is 4.61.